The van der Waals surface area contributed by atoms with Crippen molar-refractivity contribution in [2.75, 3.05) is 6.61 Å². The third-order valence-electron chi connectivity index (χ3n) is 4.37. The summed E-state index contributed by atoms with van der Waals surface area (Å²) < 4.78 is 5.12. The minimum atomic E-state index is -2.03. The molecular weight excluding hydrogens is 312 g/mol. The zero-order valence-corrected chi connectivity index (χ0v) is 15.9. The summed E-state index contributed by atoms with van der Waals surface area (Å²) in [5.41, 5.74) is 1.20. The van der Waals surface area contributed by atoms with Crippen molar-refractivity contribution < 1.29 is 9.53 Å². The average molecular weight is 339 g/mol. The Morgan fingerprint density at radius 3 is 2.62 bits per heavy atom. The molecule has 0 amide bonds. The van der Waals surface area contributed by atoms with Crippen LogP contribution in [-0.2, 0) is 9.53 Å². The number of esters is 1. The van der Waals surface area contributed by atoms with Gasteiger partial charge in [-0.2, -0.15) is 0 Å². The molecule has 0 atom stereocenters. The molecule has 1 aromatic carbocycles. The molecule has 0 fully saturated rings. The highest BCUT2D eigenvalue weighted by Crippen LogP contribution is 2.18. The summed E-state index contributed by atoms with van der Waals surface area (Å²) in [6, 6.07) is 10.4. The molecule has 0 saturated heterocycles. The van der Waals surface area contributed by atoms with E-state index in [2.05, 4.69) is 43.1 Å². The van der Waals surface area contributed by atoms with Gasteiger partial charge in [0.2, 0.25) is 0 Å². The van der Waals surface area contributed by atoms with Crippen molar-refractivity contribution in [3.05, 3.63) is 53.3 Å². The molecule has 1 aromatic rings. The summed E-state index contributed by atoms with van der Waals surface area (Å²) in [7, 11) is -2.03. The van der Waals surface area contributed by atoms with Crippen LogP contribution < -0.4 is 5.19 Å². The molecule has 2 rings (SSSR count). The van der Waals surface area contributed by atoms with E-state index in [4.69, 9.17) is 4.74 Å². The van der Waals surface area contributed by atoms with E-state index < -0.39 is 8.07 Å². The van der Waals surface area contributed by atoms with Crippen molar-refractivity contribution in [2.45, 2.75) is 45.7 Å². The van der Waals surface area contributed by atoms with Crippen LogP contribution in [0.2, 0.25) is 13.1 Å². The topological polar surface area (TPSA) is 26.3 Å². The van der Waals surface area contributed by atoms with Crippen molar-refractivity contribution in [1.29, 1.82) is 0 Å². The average Bonchev–Trinajstić information content (AvgIpc) is 2.60. The van der Waals surface area contributed by atoms with Gasteiger partial charge in [0, 0.05) is 11.3 Å². The fourth-order valence-corrected chi connectivity index (χ4v) is 4.97. The molecule has 0 saturated carbocycles. The maximum absolute atomic E-state index is 12.0. The molecule has 1 aliphatic rings. The molecule has 2 nitrogen and oxygen atoms in total. The largest absolute Gasteiger partial charge is 0.463 e. The molecule has 0 bridgehead atoms. The summed E-state index contributed by atoms with van der Waals surface area (Å²) in [6.07, 6.45) is 8.46. The molecule has 3 heteroatoms. The summed E-state index contributed by atoms with van der Waals surface area (Å²) in [6.45, 7) is 6.67. The number of hydrogen-bond acceptors (Lipinski definition) is 2. The van der Waals surface area contributed by atoms with Crippen molar-refractivity contribution in [3.63, 3.8) is 0 Å². The SMILES string of the molecule is CCOC(=O)/C=C(/C#CC1=CCCCC1)[Si](C)(C)c1ccccc1. The Hall–Kier alpha value is -2.05. The summed E-state index contributed by atoms with van der Waals surface area (Å²) in [4.78, 5) is 12.0. The van der Waals surface area contributed by atoms with Gasteiger partial charge in [-0.3, -0.25) is 0 Å². The maximum atomic E-state index is 12.0. The quantitative estimate of drug-likeness (QED) is 0.357. The van der Waals surface area contributed by atoms with E-state index in [1.165, 1.54) is 23.6 Å². The number of rotatable bonds is 4. The number of ether oxygens (including phenoxy) is 1. The molecule has 0 aliphatic heterocycles. The zero-order chi connectivity index (χ0) is 17.4. The monoisotopic (exact) mass is 338 g/mol. The number of hydrogen-bond donors (Lipinski definition) is 0. The van der Waals surface area contributed by atoms with Gasteiger partial charge < -0.3 is 4.74 Å². The highest BCUT2D eigenvalue weighted by Gasteiger charge is 2.28. The molecule has 1 aliphatic carbocycles. The van der Waals surface area contributed by atoms with Gasteiger partial charge >= 0.3 is 5.97 Å². The first-order valence-electron chi connectivity index (χ1n) is 8.69. The van der Waals surface area contributed by atoms with Crippen molar-refractivity contribution in [2.24, 2.45) is 0 Å². The lowest BCUT2D eigenvalue weighted by atomic mass is 10.0. The van der Waals surface area contributed by atoms with Gasteiger partial charge in [0.05, 0.1) is 6.61 Å². The van der Waals surface area contributed by atoms with Crippen molar-refractivity contribution in [3.8, 4) is 11.8 Å². The number of benzene rings is 1. The zero-order valence-electron chi connectivity index (χ0n) is 14.9. The Morgan fingerprint density at radius 1 is 1.25 bits per heavy atom. The van der Waals surface area contributed by atoms with Gasteiger partial charge in [-0.05, 0) is 38.2 Å². The van der Waals surface area contributed by atoms with Crippen molar-refractivity contribution >= 4 is 19.2 Å². The summed E-state index contributed by atoms with van der Waals surface area (Å²) in [5.74, 6) is 6.34. The lowest BCUT2D eigenvalue weighted by Crippen LogP contribution is -2.43. The third-order valence-corrected chi connectivity index (χ3v) is 7.76. The second kappa shape index (κ2) is 8.70. The molecular formula is C21H26O2Si. The normalized spacial score (nSPS) is 15.1. The van der Waals surface area contributed by atoms with Crippen LogP contribution in [0.25, 0.3) is 0 Å². The van der Waals surface area contributed by atoms with Gasteiger partial charge in [0.1, 0.15) is 8.07 Å². The smallest absolute Gasteiger partial charge is 0.331 e. The molecule has 0 N–H and O–H groups in total. The van der Waals surface area contributed by atoms with Gasteiger partial charge in [-0.15, -0.1) is 0 Å². The second-order valence-corrected chi connectivity index (χ2v) is 10.9. The van der Waals surface area contributed by atoms with Crippen LogP contribution >= 0.6 is 0 Å². The van der Waals surface area contributed by atoms with E-state index >= 15 is 0 Å². The molecule has 0 heterocycles. The third kappa shape index (κ3) is 4.97. The van der Waals surface area contributed by atoms with Gasteiger partial charge in [-0.25, -0.2) is 4.79 Å². The fourth-order valence-electron chi connectivity index (χ4n) is 2.78. The van der Waals surface area contributed by atoms with E-state index in [0.717, 1.165) is 18.0 Å². The van der Waals surface area contributed by atoms with E-state index in [1.807, 2.05) is 25.1 Å². The Bertz CT molecular complexity index is 688. The molecule has 126 valence electrons. The van der Waals surface area contributed by atoms with E-state index in [1.54, 1.807) is 6.08 Å². The molecule has 0 aromatic heterocycles. The lowest BCUT2D eigenvalue weighted by molar-refractivity contribution is -0.137. The van der Waals surface area contributed by atoms with E-state index in [-0.39, 0.29) is 5.97 Å². The number of carbonyl (C=O) groups is 1. The van der Waals surface area contributed by atoms with Crippen LogP contribution in [-0.4, -0.2) is 20.7 Å². The lowest BCUT2D eigenvalue weighted by Gasteiger charge is -2.23. The highest BCUT2D eigenvalue weighted by atomic mass is 28.3. The molecule has 24 heavy (non-hydrogen) atoms. The summed E-state index contributed by atoms with van der Waals surface area (Å²) >= 11 is 0. The number of allylic oxidation sites excluding steroid dienone is 3. The predicted molar refractivity (Wildman–Crippen MR) is 103 cm³/mol. The van der Waals surface area contributed by atoms with Gasteiger partial charge in [-0.1, -0.05) is 66.5 Å². The minimum Gasteiger partial charge on any atom is -0.463 e. The van der Waals surface area contributed by atoms with Crippen molar-refractivity contribution in [1.82, 2.24) is 0 Å². The van der Waals surface area contributed by atoms with Crippen LogP contribution in [0.4, 0.5) is 0 Å². The van der Waals surface area contributed by atoms with Crippen LogP contribution in [0.15, 0.2) is 53.3 Å². The second-order valence-electron chi connectivity index (χ2n) is 6.53. The Morgan fingerprint density at radius 2 is 2.00 bits per heavy atom. The minimum absolute atomic E-state index is 0.295. The van der Waals surface area contributed by atoms with Gasteiger partial charge in [0.25, 0.3) is 0 Å². The van der Waals surface area contributed by atoms with E-state index in [0.29, 0.717) is 6.61 Å². The van der Waals surface area contributed by atoms with Crippen LogP contribution in [0.3, 0.4) is 0 Å². The maximum Gasteiger partial charge on any atom is 0.331 e. The first-order valence-corrected chi connectivity index (χ1v) is 11.7. The molecule has 0 radical (unpaired) electrons. The Labute approximate surface area is 146 Å². The first kappa shape index (κ1) is 18.3. The fraction of sp³-hybridized carbons (Fsp3) is 0.381. The molecule has 0 spiro atoms. The molecule has 0 unspecified atom stereocenters. The van der Waals surface area contributed by atoms with Gasteiger partial charge in [0.15, 0.2) is 0 Å². The summed E-state index contributed by atoms with van der Waals surface area (Å²) in [5, 5.41) is 2.20. The Balaban J connectivity index is 2.38. The van der Waals surface area contributed by atoms with Crippen LogP contribution in [0, 0.1) is 11.8 Å². The van der Waals surface area contributed by atoms with E-state index in [9.17, 15) is 4.79 Å². The van der Waals surface area contributed by atoms with Crippen LogP contribution in [0.5, 0.6) is 0 Å². The standard InChI is InChI=1S/C21H26O2Si/c1-4-23-21(22)17-20(16-15-18-11-7-5-8-12-18)24(2,3)19-13-9-6-10-14-19/h6,9-11,13-14,17H,4-5,7-8,12H2,1-3H3/b20-17-. The first-order chi connectivity index (χ1) is 11.5. The highest BCUT2D eigenvalue weighted by molar-refractivity contribution is 6.96. The van der Waals surface area contributed by atoms with Crippen LogP contribution in [0.1, 0.15) is 32.6 Å². The number of carbonyl (C=O) groups excluding carboxylic acids is 1. The predicted octanol–water partition coefficient (Wildman–Crippen LogP) is 4.13. The Kier molecular flexibility index (Phi) is 6.63.